The molecule has 6 heteroatoms. The predicted octanol–water partition coefficient (Wildman–Crippen LogP) is 1.53. The van der Waals surface area contributed by atoms with Crippen LogP contribution in [0, 0.1) is 5.82 Å². The molecular weight excluding hydrogens is 257 g/mol. The van der Waals surface area contributed by atoms with Crippen molar-refractivity contribution in [2.45, 2.75) is 30.2 Å². The van der Waals surface area contributed by atoms with E-state index in [-0.39, 0.29) is 0 Å². The molecule has 1 fully saturated rings. The summed E-state index contributed by atoms with van der Waals surface area (Å²) in [5.74, 6) is -1.64. The first kappa shape index (κ1) is 13.3. The van der Waals surface area contributed by atoms with Crippen molar-refractivity contribution in [1.29, 1.82) is 0 Å². The van der Waals surface area contributed by atoms with Crippen LogP contribution in [-0.2, 0) is 15.4 Å². The van der Waals surface area contributed by atoms with Gasteiger partial charge in [-0.1, -0.05) is 6.07 Å². The third-order valence-electron chi connectivity index (χ3n) is 3.44. The standard InChI is InChI=1S/C12H16FNO3S/c1-12(6-3-7-14-12)8-4-5-9(18(2,16)17)10(13)11(8)15/h4-5,14-15H,3,6-7H2,1-2H3. The molecule has 0 saturated carbocycles. The number of phenols is 1. The second-order valence-corrected chi connectivity index (χ2v) is 6.89. The first-order chi connectivity index (χ1) is 8.26. The molecule has 0 aromatic heterocycles. The second kappa shape index (κ2) is 4.20. The highest BCUT2D eigenvalue weighted by molar-refractivity contribution is 7.90. The highest BCUT2D eigenvalue weighted by Crippen LogP contribution is 2.38. The summed E-state index contributed by atoms with van der Waals surface area (Å²) >= 11 is 0. The summed E-state index contributed by atoms with van der Waals surface area (Å²) in [4.78, 5) is -0.467. The lowest BCUT2D eigenvalue weighted by atomic mass is 9.90. The summed E-state index contributed by atoms with van der Waals surface area (Å²) in [5, 5.41) is 13.1. The summed E-state index contributed by atoms with van der Waals surface area (Å²) in [7, 11) is -3.67. The van der Waals surface area contributed by atoms with Crippen LogP contribution in [0.3, 0.4) is 0 Å². The number of rotatable bonds is 2. The monoisotopic (exact) mass is 273 g/mol. The largest absolute Gasteiger partial charge is 0.505 e. The summed E-state index contributed by atoms with van der Waals surface area (Å²) in [6, 6.07) is 2.69. The molecule has 2 N–H and O–H groups in total. The van der Waals surface area contributed by atoms with Gasteiger partial charge in [-0.2, -0.15) is 0 Å². The van der Waals surface area contributed by atoms with Gasteiger partial charge in [-0.3, -0.25) is 0 Å². The summed E-state index contributed by atoms with van der Waals surface area (Å²) in [5.41, 5.74) is -0.0917. The van der Waals surface area contributed by atoms with Gasteiger partial charge in [-0.25, -0.2) is 12.8 Å². The molecule has 100 valence electrons. The number of phenolic OH excluding ortho intramolecular Hbond substituents is 1. The fraction of sp³-hybridized carbons (Fsp3) is 0.500. The number of sulfone groups is 1. The quantitative estimate of drug-likeness (QED) is 0.857. The molecule has 0 amide bonds. The van der Waals surface area contributed by atoms with E-state index in [1.54, 1.807) is 0 Å². The Balaban J connectivity index is 2.57. The molecule has 1 heterocycles. The molecule has 0 spiro atoms. The zero-order valence-electron chi connectivity index (χ0n) is 10.3. The Kier molecular flexibility index (Phi) is 3.11. The molecule has 18 heavy (non-hydrogen) atoms. The number of hydrogen-bond acceptors (Lipinski definition) is 4. The van der Waals surface area contributed by atoms with E-state index >= 15 is 0 Å². The zero-order valence-corrected chi connectivity index (χ0v) is 11.1. The SMILES string of the molecule is CC1(c2ccc(S(C)(=O)=O)c(F)c2O)CCCN1. The Morgan fingerprint density at radius 3 is 2.61 bits per heavy atom. The van der Waals surface area contributed by atoms with Gasteiger partial charge in [0.25, 0.3) is 0 Å². The fourth-order valence-corrected chi connectivity index (χ4v) is 3.14. The van der Waals surface area contributed by atoms with Crippen molar-refractivity contribution in [3.05, 3.63) is 23.5 Å². The normalized spacial score (nSPS) is 24.4. The molecule has 0 radical (unpaired) electrons. The molecule has 1 aromatic carbocycles. The van der Waals surface area contributed by atoms with Crippen LogP contribution in [-0.4, -0.2) is 26.3 Å². The van der Waals surface area contributed by atoms with Gasteiger partial charge in [0.1, 0.15) is 4.90 Å². The van der Waals surface area contributed by atoms with Crippen molar-refractivity contribution in [2.24, 2.45) is 0 Å². The van der Waals surface area contributed by atoms with Crippen LogP contribution in [0.5, 0.6) is 5.75 Å². The van der Waals surface area contributed by atoms with E-state index in [0.29, 0.717) is 5.56 Å². The van der Waals surface area contributed by atoms with Crippen molar-refractivity contribution >= 4 is 9.84 Å². The van der Waals surface area contributed by atoms with Gasteiger partial charge >= 0.3 is 0 Å². The smallest absolute Gasteiger partial charge is 0.183 e. The van der Waals surface area contributed by atoms with Crippen molar-refractivity contribution in [2.75, 3.05) is 12.8 Å². The maximum atomic E-state index is 13.9. The first-order valence-electron chi connectivity index (χ1n) is 5.73. The van der Waals surface area contributed by atoms with Crippen molar-refractivity contribution in [3.8, 4) is 5.75 Å². The van der Waals surface area contributed by atoms with Crippen LogP contribution in [0.25, 0.3) is 0 Å². The van der Waals surface area contributed by atoms with E-state index in [1.165, 1.54) is 12.1 Å². The number of nitrogens with one attached hydrogen (secondary N) is 1. The van der Waals surface area contributed by atoms with E-state index in [9.17, 15) is 17.9 Å². The van der Waals surface area contributed by atoms with E-state index in [0.717, 1.165) is 25.6 Å². The molecular formula is C12H16FNO3S. The molecule has 2 rings (SSSR count). The van der Waals surface area contributed by atoms with E-state index in [4.69, 9.17) is 0 Å². The fourth-order valence-electron chi connectivity index (χ4n) is 2.40. The first-order valence-corrected chi connectivity index (χ1v) is 7.62. The van der Waals surface area contributed by atoms with E-state index in [1.807, 2.05) is 6.92 Å². The van der Waals surface area contributed by atoms with Crippen LogP contribution in [0.4, 0.5) is 4.39 Å². The minimum Gasteiger partial charge on any atom is -0.505 e. The third kappa shape index (κ3) is 2.10. The maximum Gasteiger partial charge on any atom is 0.183 e. The highest BCUT2D eigenvalue weighted by atomic mass is 32.2. The summed E-state index contributed by atoms with van der Waals surface area (Å²) in [6.45, 7) is 2.67. The molecule has 1 aliphatic rings. The van der Waals surface area contributed by atoms with Gasteiger partial charge in [0.15, 0.2) is 21.4 Å². The molecule has 1 unspecified atom stereocenters. The molecule has 4 nitrogen and oxygen atoms in total. The molecule has 1 atom stereocenters. The molecule has 1 saturated heterocycles. The van der Waals surface area contributed by atoms with Crippen molar-refractivity contribution in [3.63, 3.8) is 0 Å². The van der Waals surface area contributed by atoms with Crippen LogP contribution >= 0.6 is 0 Å². The van der Waals surface area contributed by atoms with Crippen LogP contribution in [0.1, 0.15) is 25.3 Å². The number of hydrogen-bond donors (Lipinski definition) is 2. The Hall–Kier alpha value is -1.14. The van der Waals surface area contributed by atoms with Gasteiger partial charge in [0, 0.05) is 17.4 Å². The number of halogens is 1. The number of benzene rings is 1. The van der Waals surface area contributed by atoms with E-state index in [2.05, 4.69) is 5.32 Å². The van der Waals surface area contributed by atoms with Gasteiger partial charge in [-0.15, -0.1) is 0 Å². The highest BCUT2D eigenvalue weighted by Gasteiger charge is 2.34. The molecule has 0 aliphatic carbocycles. The lowest BCUT2D eigenvalue weighted by Crippen LogP contribution is -2.33. The van der Waals surface area contributed by atoms with Gasteiger partial charge < -0.3 is 10.4 Å². The topological polar surface area (TPSA) is 66.4 Å². The third-order valence-corrected chi connectivity index (χ3v) is 4.56. The Morgan fingerprint density at radius 2 is 2.11 bits per heavy atom. The Morgan fingerprint density at radius 1 is 1.44 bits per heavy atom. The molecule has 1 aliphatic heterocycles. The lowest BCUT2D eigenvalue weighted by Gasteiger charge is -2.26. The van der Waals surface area contributed by atoms with Crippen LogP contribution in [0.2, 0.25) is 0 Å². The van der Waals surface area contributed by atoms with Crippen molar-refractivity contribution in [1.82, 2.24) is 5.32 Å². The minimum atomic E-state index is -3.67. The van der Waals surface area contributed by atoms with Gasteiger partial charge in [-0.05, 0) is 32.4 Å². The van der Waals surface area contributed by atoms with E-state index < -0.39 is 31.8 Å². The average Bonchev–Trinajstić information content (AvgIpc) is 2.68. The Labute approximate surface area is 106 Å². The number of aromatic hydroxyl groups is 1. The summed E-state index contributed by atoms with van der Waals surface area (Å²) < 4.78 is 36.6. The average molecular weight is 273 g/mol. The predicted molar refractivity (Wildman–Crippen MR) is 65.8 cm³/mol. The van der Waals surface area contributed by atoms with Gasteiger partial charge in [0.05, 0.1) is 0 Å². The Bertz CT molecular complexity index is 577. The second-order valence-electron chi connectivity index (χ2n) is 4.91. The summed E-state index contributed by atoms with van der Waals surface area (Å²) in [6.07, 6.45) is 2.63. The minimum absolute atomic E-state index is 0.407. The lowest BCUT2D eigenvalue weighted by molar-refractivity contribution is 0.370. The van der Waals surface area contributed by atoms with Crippen LogP contribution in [0.15, 0.2) is 17.0 Å². The molecule has 0 bridgehead atoms. The van der Waals surface area contributed by atoms with Gasteiger partial charge in [0.2, 0.25) is 0 Å². The van der Waals surface area contributed by atoms with Crippen molar-refractivity contribution < 1.29 is 17.9 Å². The maximum absolute atomic E-state index is 13.9. The van der Waals surface area contributed by atoms with Crippen LogP contribution < -0.4 is 5.32 Å². The zero-order chi connectivity index (χ0) is 13.6. The molecule has 1 aromatic rings.